The van der Waals surface area contributed by atoms with Crippen molar-refractivity contribution in [2.45, 2.75) is 37.3 Å². The fourth-order valence-electron chi connectivity index (χ4n) is 1.41. The van der Waals surface area contributed by atoms with Crippen molar-refractivity contribution in [1.29, 1.82) is 0 Å². The summed E-state index contributed by atoms with van der Waals surface area (Å²) in [6.07, 6.45) is 0.985. The first kappa shape index (κ1) is 13.1. The van der Waals surface area contributed by atoms with Crippen molar-refractivity contribution in [3.8, 4) is 0 Å². The van der Waals surface area contributed by atoms with E-state index in [0.717, 1.165) is 6.42 Å². The Morgan fingerprint density at radius 1 is 1.38 bits per heavy atom. The number of rotatable bonds is 5. The average Bonchev–Trinajstić information content (AvgIpc) is 2.30. The van der Waals surface area contributed by atoms with Crippen LogP contribution in [0, 0.1) is 0 Å². The molecule has 0 bridgehead atoms. The van der Waals surface area contributed by atoms with Crippen LogP contribution in [0.1, 0.15) is 26.3 Å². The third kappa shape index (κ3) is 3.56. The Kier molecular flexibility index (Phi) is 5.39. The SMILES string of the molecule is CCOC(=O)C(C)Sc1ccccc1CC. The van der Waals surface area contributed by atoms with E-state index in [1.54, 1.807) is 11.8 Å². The summed E-state index contributed by atoms with van der Waals surface area (Å²) in [4.78, 5) is 12.7. The zero-order valence-corrected chi connectivity index (χ0v) is 10.8. The summed E-state index contributed by atoms with van der Waals surface area (Å²) in [5.74, 6) is -0.140. The Labute approximate surface area is 101 Å². The van der Waals surface area contributed by atoms with E-state index in [2.05, 4.69) is 19.1 Å². The molecular weight excluding hydrogens is 220 g/mol. The largest absolute Gasteiger partial charge is 0.465 e. The van der Waals surface area contributed by atoms with E-state index in [9.17, 15) is 4.79 Å². The first-order valence-electron chi connectivity index (χ1n) is 5.60. The minimum Gasteiger partial charge on any atom is -0.465 e. The highest BCUT2D eigenvalue weighted by molar-refractivity contribution is 8.00. The second-order valence-electron chi connectivity index (χ2n) is 3.47. The van der Waals surface area contributed by atoms with Crippen LogP contribution in [0.2, 0.25) is 0 Å². The monoisotopic (exact) mass is 238 g/mol. The first-order valence-corrected chi connectivity index (χ1v) is 6.48. The molecule has 0 spiro atoms. The topological polar surface area (TPSA) is 26.3 Å². The number of carbonyl (C=O) groups is 1. The van der Waals surface area contributed by atoms with Crippen LogP contribution in [0.25, 0.3) is 0 Å². The first-order chi connectivity index (χ1) is 7.69. The summed E-state index contributed by atoms with van der Waals surface area (Å²) >= 11 is 1.57. The molecule has 16 heavy (non-hydrogen) atoms. The zero-order chi connectivity index (χ0) is 12.0. The number of aryl methyl sites for hydroxylation is 1. The average molecular weight is 238 g/mol. The minimum absolute atomic E-state index is 0.140. The van der Waals surface area contributed by atoms with Crippen molar-refractivity contribution in [2.24, 2.45) is 0 Å². The maximum absolute atomic E-state index is 11.5. The molecule has 0 heterocycles. The van der Waals surface area contributed by atoms with Crippen LogP contribution in [0.4, 0.5) is 0 Å². The summed E-state index contributed by atoms with van der Waals surface area (Å²) in [5.41, 5.74) is 1.28. The van der Waals surface area contributed by atoms with Gasteiger partial charge in [-0.05, 0) is 31.9 Å². The molecule has 0 N–H and O–H groups in total. The van der Waals surface area contributed by atoms with Gasteiger partial charge < -0.3 is 4.74 Å². The maximum Gasteiger partial charge on any atom is 0.319 e. The number of hydrogen-bond donors (Lipinski definition) is 0. The lowest BCUT2D eigenvalue weighted by molar-refractivity contribution is -0.142. The van der Waals surface area contributed by atoms with Crippen molar-refractivity contribution in [1.82, 2.24) is 0 Å². The molecule has 0 aliphatic rings. The third-order valence-electron chi connectivity index (χ3n) is 2.28. The fourth-order valence-corrected chi connectivity index (χ4v) is 2.48. The van der Waals surface area contributed by atoms with Gasteiger partial charge >= 0.3 is 5.97 Å². The molecule has 1 atom stereocenters. The molecule has 0 aliphatic carbocycles. The number of hydrogen-bond acceptors (Lipinski definition) is 3. The van der Waals surface area contributed by atoms with Crippen molar-refractivity contribution in [2.75, 3.05) is 6.61 Å². The number of benzene rings is 1. The molecule has 3 heteroatoms. The van der Waals surface area contributed by atoms with Crippen LogP contribution in [0.5, 0.6) is 0 Å². The van der Waals surface area contributed by atoms with Crippen LogP contribution in [-0.2, 0) is 16.0 Å². The third-order valence-corrected chi connectivity index (χ3v) is 3.47. The molecular formula is C13H18O2S. The standard InChI is InChI=1S/C13H18O2S/c1-4-11-8-6-7-9-12(11)16-10(3)13(14)15-5-2/h6-10H,4-5H2,1-3H3. The van der Waals surface area contributed by atoms with Crippen LogP contribution < -0.4 is 0 Å². The van der Waals surface area contributed by atoms with Crippen LogP contribution >= 0.6 is 11.8 Å². The number of carbonyl (C=O) groups excluding carboxylic acids is 1. The van der Waals surface area contributed by atoms with Crippen LogP contribution in [0.3, 0.4) is 0 Å². The van der Waals surface area contributed by atoms with E-state index in [1.807, 2.05) is 26.0 Å². The molecule has 0 aromatic heterocycles. The van der Waals surface area contributed by atoms with Crippen molar-refractivity contribution in [3.05, 3.63) is 29.8 Å². The molecule has 2 nitrogen and oxygen atoms in total. The lowest BCUT2D eigenvalue weighted by atomic mass is 10.2. The zero-order valence-electron chi connectivity index (χ0n) is 10.0. The predicted molar refractivity (Wildman–Crippen MR) is 67.8 cm³/mol. The fraction of sp³-hybridized carbons (Fsp3) is 0.462. The van der Waals surface area contributed by atoms with Crippen molar-refractivity contribution < 1.29 is 9.53 Å². The second kappa shape index (κ2) is 6.59. The number of thioether (sulfide) groups is 1. The van der Waals surface area contributed by atoms with E-state index in [0.29, 0.717) is 6.61 Å². The molecule has 0 fully saturated rings. The van der Waals surface area contributed by atoms with E-state index in [4.69, 9.17) is 4.74 Å². The summed E-state index contributed by atoms with van der Waals surface area (Å²) in [5, 5.41) is -0.146. The normalized spacial score (nSPS) is 12.2. The molecule has 0 saturated heterocycles. The lowest BCUT2D eigenvalue weighted by Gasteiger charge is -2.12. The Morgan fingerprint density at radius 2 is 2.06 bits per heavy atom. The molecule has 0 amide bonds. The van der Waals surface area contributed by atoms with Gasteiger partial charge in [0.05, 0.1) is 6.61 Å². The van der Waals surface area contributed by atoms with Crippen molar-refractivity contribution in [3.63, 3.8) is 0 Å². The molecule has 1 aromatic rings. The van der Waals surface area contributed by atoms with Crippen molar-refractivity contribution >= 4 is 17.7 Å². The Hall–Kier alpha value is -0.960. The van der Waals surface area contributed by atoms with Gasteiger partial charge in [-0.1, -0.05) is 25.1 Å². The molecule has 1 rings (SSSR count). The van der Waals surface area contributed by atoms with Gasteiger partial charge in [-0.15, -0.1) is 11.8 Å². The van der Waals surface area contributed by atoms with E-state index >= 15 is 0 Å². The molecule has 0 radical (unpaired) electrons. The Balaban J connectivity index is 2.68. The number of ether oxygens (including phenoxy) is 1. The quantitative estimate of drug-likeness (QED) is 0.581. The van der Waals surface area contributed by atoms with Gasteiger partial charge in [-0.25, -0.2) is 0 Å². The summed E-state index contributed by atoms with van der Waals surface area (Å²) < 4.78 is 4.99. The van der Waals surface area contributed by atoms with E-state index in [-0.39, 0.29) is 11.2 Å². The van der Waals surface area contributed by atoms with Gasteiger partial charge in [0.1, 0.15) is 5.25 Å². The summed E-state index contributed by atoms with van der Waals surface area (Å²) in [7, 11) is 0. The van der Waals surface area contributed by atoms with Gasteiger partial charge in [-0.3, -0.25) is 4.79 Å². The maximum atomic E-state index is 11.5. The highest BCUT2D eigenvalue weighted by atomic mass is 32.2. The highest BCUT2D eigenvalue weighted by Crippen LogP contribution is 2.27. The smallest absolute Gasteiger partial charge is 0.319 e. The molecule has 1 aromatic carbocycles. The highest BCUT2D eigenvalue weighted by Gasteiger charge is 2.16. The van der Waals surface area contributed by atoms with Crippen LogP contribution in [-0.4, -0.2) is 17.8 Å². The summed E-state index contributed by atoms with van der Waals surface area (Å²) in [6.45, 7) is 6.28. The van der Waals surface area contributed by atoms with E-state index in [1.165, 1.54) is 10.5 Å². The Bertz CT molecular complexity index is 350. The van der Waals surface area contributed by atoms with Crippen LogP contribution in [0.15, 0.2) is 29.2 Å². The second-order valence-corrected chi connectivity index (χ2v) is 4.86. The molecule has 1 unspecified atom stereocenters. The van der Waals surface area contributed by atoms with Gasteiger partial charge in [-0.2, -0.15) is 0 Å². The van der Waals surface area contributed by atoms with Gasteiger partial charge in [0.25, 0.3) is 0 Å². The summed E-state index contributed by atoms with van der Waals surface area (Å²) in [6, 6.07) is 8.18. The molecule has 0 saturated carbocycles. The van der Waals surface area contributed by atoms with Gasteiger partial charge in [0, 0.05) is 4.90 Å². The molecule has 0 aliphatic heterocycles. The van der Waals surface area contributed by atoms with Gasteiger partial charge in [0.2, 0.25) is 0 Å². The Morgan fingerprint density at radius 3 is 2.69 bits per heavy atom. The van der Waals surface area contributed by atoms with Gasteiger partial charge in [0.15, 0.2) is 0 Å². The lowest BCUT2D eigenvalue weighted by Crippen LogP contribution is -2.16. The number of esters is 1. The molecule has 88 valence electrons. The predicted octanol–water partition coefficient (Wildman–Crippen LogP) is 3.29. The minimum atomic E-state index is -0.146. The van der Waals surface area contributed by atoms with E-state index < -0.39 is 0 Å².